The molecule has 0 aliphatic heterocycles. The first-order valence-corrected chi connectivity index (χ1v) is 12.6. The van der Waals surface area contributed by atoms with Crippen molar-refractivity contribution < 1.29 is 18.8 Å². The molecule has 0 radical (unpaired) electrons. The molecule has 1 aromatic heterocycles. The molecule has 1 heterocycles. The van der Waals surface area contributed by atoms with Crippen LogP contribution in [0.3, 0.4) is 0 Å². The maximum Gasteiger partial charge on any atom is 0.273 e. The van der Waals surface area contributed by atoms with Gasteiger partial charge in [0.05, 0.1) is 5.69 Å². The molecule has 5 N–H and O–H groups in total. The van der Waals surface area contributed by atoms with E-state index in [0.717, 1.165) is 29.1 Å². The van der Waals surface area contributed by atoms with E-state index in [-0.39, 0.29) is 22.8 Å². The van der Waals surface area contributed by atoms with Crippen LogP contribution in [0.25, 0.3) is 0 Å². The number of amides is 3. The minimum atomic E-state index is -1.20. The fourth-order valence-electron chi connectivity index (χ4n) is 3.96. The Kier molecular flexibility index (Phi) is 8.12. The Bertz CT molecular complexity index is 1440. The largest absolute Gasteiger partial charge is 0.395 e. The Labute approximate surface area is 223 Å². The third kappa shape index (κ3) is 5.70. The first kappa shape index (κ1) is 26.5. The lowest BCUT2D eigenvalue weighted by Gasteiger charge is -2.31. The highest BCUT2D eigenvalue weighted by molar-refractivity contribution is 7.09. The summed E-state index contributed by atoms with van der Waals surface area (Å²) in [5.41, 5.74) is 13.7. The second-order valence-corrected chi connectivity index (χ2v) is 9.26. The molecule has 0 aliphatic carbocycles. The van der Waals surface area contributed by atoms with E-state index in [4.69, 9.17) is 11.5 Å². The Hall–Kier alpha value is -4.57. The molecule has 1 atom stereocenters. The summed E-state index contributed by atoms with van der Waals surface area (Å²) in [6.45, 7) is 2.21. The van der Waals surface area contributed by atoms with Gasteiger partial charge in [0.15, 0.2) is 5.69 Å². The summed E-state index contributed by atoms with van der Waals surface area (Å²) in [4.78, 5) is 40.8. The van der Waals surface area contributed by atoms with Gasteiger partial charge in [-0.1, -0.05) is 61.5 Å². The number of carbonyl (C=O) groups is 3. The van der Waals surface area contributed by atoms with Crippen molar-refractivity contribution in [1.29, 1.82) is 0 Å². The number of rotatable bonds is 9. The number of nitrogens with zero attached hydrogens (tertiary/aromatic N) is 2. The van der Waals surface area contributed by atoms with Gasteiger partial charge in [0.2, 0.25) is 5.91 Å². The summed E-state index contributed by atoms with van der Waals surface area (Å²) >= 11 is 0.721. The molecule has 0 unspecified atom stereocenters. The number of aromatic nitrogens is 1. The second-order valence-electron chi connectivity index (χ2n) is 8.49. The van der Waals surface area contributed by atoms with Crippen molar-refractivity contribution in [3.05, 3.63) is 112 Å². The van der Waals surface area contributed by atoms with E-state index < -0.39 is 29.6 Å². The summed E-state index contributed by atoms with van der Waals surface area (Å²) < 4.78 is 17.8. The molecule has 0 fully saturated rings. The normalized spacial score (nSPS) is 11.5. The number of aryl methyl sites for hydroxylation is 1. The van der Waals surface area contributed by atoms with Crippen molar-refractivity contribution in [2.24, 2.45) is 5.73 Å². The number of nitrogen functional groups attached to an aromatic ring is 1. The van der Waals surface area contributed by atoms with E-state index in [1.165, 1.54) is 29.2 Å². The van der Waals surface area contributed by atoms with Crippen molar-refractivity contribution in [3.63, 3.8) is 0 Å². The molecule has 4 rings (SSSR count). The van der Waals surface area contributed by atoms with Gasteiger partial charge in [-0.15, -0.1) is 0 Å². The van der Waals surface area contributed by atoms with Gasteiger partial charge in [-0.05, 0) is 58.9 Å². The number of hydrogen-bond acceptors (Lipinski definition) is 6. The van der Waals surface area contributed by atoms with Crippen molar-refractivity contribution in [1.82, 2.24) is 9.69 Å². The summed E-state index contributed by atoms with van der Waals surface area (Å²) in [6.07, 6.45) is 0.775. The summed E-state index contributed by atoms with van der Waals surface area (Å²) in [7, 11) is 0. The molecule has 10 heteroatoms. The lowest BCUT2D eigenvalue weighted by molar-refractivity contribution is -0.122. The second kappa shape index (κ2) is 11.7. The van der Waals surface area contributed by atoms with Gasteiger partial charge in [-0.25, -0.2) is 4.39 Å². The van der Waals surface area contributed by atoms with E-state index in [2.05, 4.69) is 9.69 Å². The predicted octanol–water partition coefficient (Wildman–Crippen LogP) is 4.23. The highest BCUT2D eigenvalue weighted by Crippen LogP contribution is 2.33. The number of nitrogens with one attached hydrogen (secondary N) is 1. The Morgan fingerprint density at radius 3 is 2.21 bits per heavy atom. The third-order valence-corrected chi connectivity index (χ3v) is 6.85. The number of carbonyl (C=O) groups excluding carboxylic acids is 3. The fraction of sp³-hybridized carbons (Fsp3) is 0.143. The Morgan fingerprint density at radius 2 is 1.63 bits per heavy atom. The smallest absolute Gasteiger partial charge is 0.273 e. The minimum absolute atomic E-state index is 0.0404. The van der Waals surface area contributed by atoms with Crippen LogP contribution in [0.5, 0.6) is 0 Å². The number of primary amides is 1. The van der Waals surface area contributed by atoms with Gasteiger partial charge >= 0.3 is 0 Å². The molecular weight excluding hydrogens is 505 g/mol. The Morgan fingerprint density at radius 1 is 0.974 bits per heavy atom. The van der Waals surface area contributed by atoms with Gasteiger partial charge in [0.25, 0.3) is 11.8 Å². The average Bonchev–Trinajstić information content (AvgIpc) is 3.33. The third-order valence-electron chi connectivity index (χ3n) is 6.00. The van der Waals surface area contributed by atoms with Crippen LogP contribution in [0.15, 0.2) is 78.9 Å². The number of benzene rings is 3. The summed E-state index contributed by atoms with van der Waals surface area (Å²) in [5, 5.41) is 2.89. The summed E-state index contributed by atoms with van der Waals surface area (Å²) in [6, 6.07) is 20.6. The molecule has 0 spiro atoms. The number of nitrogens with two attached hydrogens (primary N) is 2. The van der Waals surface area contributed by atoms with Crippen LogP contribution in [0, 0.1) is 5.82 Å². The van der Waals surface area contributed by atoms with Crippen molar-refractivity contribution in [2.45, 2.75) is 25.9 Å². The van der Waals surface area contributed by atoms with Crippen molar-refractivity contribution in [2.75, 3.05) is 10.6 Å². The topological polar surface area (TPSA) is 131 Å². The molecule has 194 valence electrons. The van der Waals surface area contributed by atoms with Crippen molar-refractivity contribution in [3.8, 4) is 0 Å². The number of hydrogen-bond donors (Lipinski definition) is 3. The van der Waals surface area contributed by atoms with Gasteiger partial charge < -0.3 is 16.8 Å². The quantitative estimate of drug-likeness (QED) is 0.297. The van der Waals surface area contributed by atoms with E-state index in [9.17, 15) is 18.8 Å². The lowest BCUT2D eigenvalue weighted by Crippen LogP contribution is -2.44. The van der Waals surface area contributed by atoms with Gasteiger partial charge in [0, 0.05) is 12.2 Å². The van der Waals surface area contributed by atoms with E-state index in [1.807, 2.05) is 49.4 Å². The van der Waals surface area contributed by atoms with E-state index in [1.54, 1.807) is 12.1 Å². The Balaban J connectivity index is 1.82. The zero-order valence-electron chi connectivity index (χ0n) is 20.6. The zero-order chi connectivity index (χ0) is 27.2. The van der Waals surface area contributed by atoms with Gasteiger partial charge in [-0.3, -0.25) is 19.3 Å². The zero-order valence-corrected chi connectivity index (χ0v) is 21.4. The minimum Gasteiger partial charge on any atom is -0.395 e. The van der Waals surface area contributed by atoms with Gasteiger partial charge in [-0.2, -0.15) is 4.37 Å². The van der Waals surface area contributed by atoms with Crippen LogP contribution >= 0.6 is 11.5 Å². The lowest BCUT2D eigenvalue weighted by atomic mass is 10.0. The monoisotopic (exact) mass is 531 g/mol. The SMILES string of the molecule is CCc1ccc(N(C(=O)c2snc(C(N)=O)c2N)[C@H](C(=O)NCc2ccccc2)c2ccc(F)cc2)cc1. The van der Waals surface area contributed by atoms with Crippen LogP contribution in [0.4, 0.5) is 15.8 Å². The first-order chi connectivity index (χ1) is 18.3. The number of halogens is 1. The van der Waals surface area contributed by atoms with E-state index in [0.29, 0.717) is 11.3 Å². The molecule has 38 heavy (non-hydrogen) atoms. The summed E-state index contributed by atoms with van der Waals surface area (Å²) in [5.74, 6) is -2.50. The van der Waals surface area contributed by atoms with Crippen LogP contribution in [0.1, 0.15) is 49.8 Å². The maximum atomic E-state index is 14.0. The first-order valence-electron chi connectivity index (χ1n) is 11.8. The molecule has 8 nitrogen and oxygen atoms in total. The molecule has 0 bridgehead atoms. The average molecular weight is 532 g/mol. The van der Waals surface area contributed by atoms with Crippen LogP contribution < -0.4 is 21.7 Å². The van der Waals surface area contributed by atoms with Crippen LogP contribution in [0.2, 0.25) is 0 Å². The standard InChI is InChI=1S/C28H26FN5O3S/c1-2-17-8-14-21(15-9-17)34(28(37)25-22(30)23(26(31)35)33-38-25)24(19-10-12-20(29)13-11-19)27(36)32-16-18-6-4-3-5-7-18/h3-15,24H,2,16,30H2,1H3,(H2,31,35)(H,32,36)/t24-/m0/s1. The molecular formula is C28H26FN5O3S. The molecule has 0 saturated heterocycles. The molecule has 3 aromatic carbocycles. The molecule has 3 amide bonds. The van der Waals surface area contributed by atoms with Crippen LogP contribution in [-0.2, 0) is 17.8 Å². The molecule has 0 aliphatic rings. The van der Waals surface area contributed by atoms with E-state index >= 15 is 0 Å². The fourth-order valence-corrected chi connectivity index (χ4v) is 4.70. The van der Waals surface area contributed by atoms with Crippen molar-refractivity contribution >= 4 is 40.6 Å². The highest BCUT2D eigenvalue weighted by Gasteiger charge is 2.36. The molecule has 0 saturated carbocycles. The number of anilines is 2. The maximum absolute atomic E-state index is 14.0. The predicted molar refractivity (Wildman–Crippen MR) is 145 cm³/mol. The molecule has 4 aromatic rings. The highest BCUT2D eigenvalue weighted by atomic mass is 32.1. The van der Waals surface area contributed by atoms with Crippen LogP contribution in [-0.4, -0.2) is 22.1 Å². The van der Waals surface area contributed by atoms with Gasteiger partial charge in [0.1, 0.15) is 16.7 Å².